The van der Waals surface area contributed by atoms with Crippen LogP contribution >= 0.6 is 23.1 Å². The van der Waals surface area contributed by atoms with E-state index in [0.717, 1.165) is 55.6 Å². The molecule has 0 radical (unpaired) electrons. The molecule has 2 N–H and O–H groups in total. The smallest absolute Gasteiger partial charge is 0.326 e. The average Bonchev–Trinajstić information content (AvgIpc) is 3.16. The van der Waals surface area contributed by atoms with Gasteiger partial charge in [0.15, 0.2) is 5.13 Å². The number of aliphatic carboxylic acids is 1. The number of nitrogens with zero attached hydrogens (tertiary/aromatic N) is 2. The Kier molecular flexibility index (Phi) is 8.42. The fourth-order valence-electron chi connectivity index (χ4n) is 4.60. The Morgan fingerprint density at radius 2 is 1.97 bits per heavy atom. The van der Waals surface area contributed by atoms with E-state index in [1.54, 1.807) is 13.1 Å². The van der Waals surface area contributed by atoms with E-state index in [9.17, 15) is 9.59 Å². The summed E-state index contributed by atoms with van der Waals surface area (Å²) in [6.45, 7) is 4.23. The lowest BCUT2D eigenvalue weighted by Gasteiger charge is -2.50. The second kappa shape index (κ2) is 10.8. The van der Waals surface area contributed by atoms with E-state index >= 15 is 0 Å². The van der Waals surface area contributed by atoms with Crippen LogP contribution < -0.4 is 5.32 Å². The van der Waals surface area contributed by atoms with E-state index in [1.165, 1.54) is 35.9 Å². The lowest BCUT2D eigenvalue weighted by molar-refractivity contribution is -0.166. The van der Waals surface area contributed by atoms with Crippen LogP contribution in [0.25, 0.3) is 0 Å². The highest BCUT2D eigenvalue weighted by Crippen LogP contribution is 2.40. The van der Waals surface area contributed by atoms with Crippen molar-refractivity contribution in [3.63, 3.8) is 0 Å². The number of rotatable bonds is 8. The van der Waals surface area contributed by atoms with Crippen molar-refractivity contribution in [3.8, 4) is 0 Å². The van der Waals surface area contributed by atoms with E-state index in [-0.39, 0.29) is 12.1 Å². The number of thiazole rings is 1. The van der Waals surface area contributed by atoms with Crippen LogP contribution in [0, 0.1) is 0 Å². The third-order valence-corrected chi connectivity index (χ3v) is 8.12. The Morgan fingerprint density at radius 1 is 1.30 bits per heavy atom. The van der Waals surface area contributed by atoms with Gasteiger partial charge in [-0.2, -0.15) is 0 Å². The summed E-state index contributed by atoms with van der Waals surface area (Å²) in [5.41, 5.74) is -0.536. The zero-order valence-corrected chi connectivity index (χ0v) is 19.5. The molecule has 2 fully saturated rings. The van der Waals surface area contributed by atoms with E-state index < -0.39 is 16.9 Å². The number of ether oxygens (including phenoxy) is 1. The molecule has 9 heteroatoms. The van der Waals surface area contributed by atoms with Crippen molar-refractivity contribution in [1.82, 2.24) is 9.88 Å². The SMILES string of the molecule is CCOC1(N(C(=O)Nc2ncc(SC(C)C(=O)O)s2)C2CCCCC2)CCCCC1. The molecular weight excluding hydrogens is 422 g/mol. The molecule has 1 heterocycles. The zero-order chi connectivity index (χ0) is 21.6. The fraction of sp³-hybridized carbons (Fsp3) is 0.762. The van der Waals surface area contributed by atoms with E-state index in [4.69, 9.17) is 9.84 Å². The minimum absolute atomic E-state index is 0.144. The largest absolute Gasteiger partial charge is 0.480 e. The number of aromatic nitrogens is 1. The van der Waals surface area contributed by atoms with Crippen molar-refractivity contribution in [2.45, 2.75) is 99.3 Å². The van der Waals surface area contributed by atoms with Gasteiger partial charge in [-0.15, -0.1) is 0 Å². The highest BCUT2D eigenvalue weighted by Gasteiger charge is 2.45. The summed E-state index contributed by atoms with van der Waals surface area (Å²) >= 11 is 2.56. The third-order valence-electron chi connectivity index (χ3n) is 5.98. The Hall–Kier alpha value is -1.32. The summed E-state index contributed by atoms with van der Waals surface area (Å²) < 4.78 is 7.09. The van der Waals surface area contributed by atoms with Crippen molar-refractivity contribution >= 4 is 40.2 Å². The first-order valence-electron chi connectivity index (χ1n) is 11.0. The van der Waals surface area contributed by atoms with Gasteiger partial charge >= 0.3 is 12.0 Å². The number of carbonyl (C=O) groups excluding carboxylic acids is 1. The van der Waals surface area contributed by atoms with Gasteiger partial charge in [-0.05, 0) is 52.4 Å². The average molecular weight is 456 g/mol. The Labute approximate surface area is 187 Å². The minimum atomic E-state index is -0.863. The molecule has 2 saturated carbocycles. The number of carboxylic acid groups (broad SMARTS) is 1. The highest BCUT2D eigenvalue weighted by molar-refractivity contribution is 8.02. The summed E-state index contributed by atoms with van der Waals surface area (Å²) in [5, 5.41) is 12.0. The molecule has 168 valence electrons. The highest BCUT2D eigenvalue weighted by atomic mass is 32.2. The van der Waals surface area contributed by atoms with Gasteiger partial charge in [0.1, 0.15) is 11.0 Å². The lowest BCUT2D eigenvalue weighted by atomic mass is 9.86. The van der Waals surface area contributed by atoms with Crippen LogP contribution in [0.4, 0.5) is 9.93 Å². The van der Waals surface area contributed by atoms with Gasteiger partial charge in [0.2, 0.25) is 0 Å². The zero-order valence-electron chi connectivity index (χ0n) is 17.9. The molecule has 30 heavy (non-hydrogen) atoms. The van der Waals surface area contributed by atoms with Crippen molar-refractivity contribution in [3.05, 3.63) is 6.20 Å². The van der Waals surface area contributed by atoms with E-state index in [0.29, 0.717) is 11.7 Å². The number of amides is 2. The van der Waals surface area contributed by atoms with Crippen LogP contribution in [0.2, 0.25) is 0 Å². The number of urea groups is 1. The van der Waals surface area contributed by atoms with Crippen molar-refractivity contribution in [1.29, 1.82) is 0 Å². The topological polar surface area (TPSA) is 91.8 Å². The molecule has 2 amide bonds. The molecule has 0 saturated heterocycles. The van der Waals surface area contributed by atoms with Crippen LogP contribution in [0.5, 0.6) is 0 Å². The summed E-state index contributed by atoms with van der Waals surface area (Å²) in [6, 6.07) is 0.0404. The molecule has 3 rings (SSSR count). The normalized spacial score (nSPS) is 20.5. The van der Waals surface area contributed by atoms with Gasteiger partial charge in [0.25, 0.3) is 0 Å². The monoisotopic (exact) mass is 455 g/mol. The van der Waals surface area contributed by atoms with E-state index in [1.807, 2.05) is 11.8 Å². The lowest BCUT2D eigenvalue weighted by Crippen LogP contribution is -2.60. The molecule has 0 spiro atoms. The van der Waals surface area contributed by atoms with Crippen LogP contribution in [0.15, 0.2) is 10.4 Å². The van der Waals surface area contributed by atoms with Gasteiger partial charge < -0.3 is 9.84 Å². The van der Waals surface area contributed by atoms with Gasteiger partial charge in [-0.25, -0.2) is 9.78 Å². The fourth-order valence-corrected chi connectivity index (χ4v) is 6.56. The van der Waals surface area contributed by atoms with Crippen molar-refractivity contribution in [2.24, 2.45) is 0 Å². The van der Waals surface area contributed by atoms with Crippen LogP contribution in [0.3, 0.4) is 0 Å². The van der Waals surface area contributed by atoms with E-state index in [2.05, 4.69) is 10.3 Å². The van der Waals surface area contributed by atoms with Crippen molar-refractivity contribution < 1.29 is 19.4 Å². The Bertz CT molecular complexity index is 709. The second-order valence-electron chi connectivity index (χ2n) is 8.11. The van der Waals surface area contributed by atoms with Crippen molar-refractivity contribution in [2.75, 3.05) is 11.9 Å². The molecule has 2 aliphatic rings. The predicted octanol–water partition coefficient (Wildman–Crippen LogP) is 5.57. The number of thioether (sulfide) groups is 1. The first-order valence-corrected chi connectivity index (χ1v) is 12.7. The molecule has 0 aromatic carbocycles. The molecule has 0 bridgehead atoms. The minimum Gasteiger partial charge on any atom is -0.480 e. The Morgan fingerprint density at radius 3 is 2.60 bits per heavy atom. The summed E-state index contributed by atoms with van der Waals surface area (Å²) in [7, 11) is 0. The predicted molar refractivity (Wildman–Crippen MR) is 120 cm³/mol. The number of hydrogen-bond donors (Lipinski definition) is 2. The molecule has 2 aliphatic carbocycles. The van der Waals surface area contributed by atoms with Gasteiger partial charge in [0.05, 0.1) is 10.4 Å². The number of anilines is 1. The molecule has 1 aromatic rings. The molecule has 0 aliphatic heterocycles. The summed E-state index contributed by atoms with van der Waals surface area (Å²) in [5.74, 6) is -0.863. The summed E-state index contributed by atoms with van der Waals surface area (Å²) in [6.07, 6.45) is 12.2. The number of carbonyl (C=O) groups is 2. The third kappa shape index (κ3) is 5.68. The number of nitrogens with one attached hydrogen (secondary N) is 1. The molecule has 1 atom stereocenters. The van der Waals surface area contributed by atoms with Gasteiger partial charge in [-0.1, -0.05) is 48.8 Å². The molecule has 1 unspecified atom stereocenters. The van der Waals surface area contributed by atoms with Crippen LogP contribution in [-0.4, -0.2) is 50.6 Å². The maximum Gasteiger partial charge on any atom is 0.326 e. The molecule has 7 nitrogen and oxygen atoms in total. The summed E-state index contributed by atoms with van der Waals surface area (Å²) in [4.78, 5) is 30.9. The molecule has 1 aromatic heterocycles. The first kappa shape index (κ1) is 23.3. The van der Waals surface area contributed by atoms with Crippen LogP contribution in [0.1, 0.15) is 78.1 Å². The van der Waals surface area contributed by atoms with Crippen LogP contribution in [-0.2, 0) is 9.53 Å². The number of carboxylic acids is 1. The standard InChI is InChI=1S/C21H33N3O4S2/c1-3-28-21(12-8-5-9-13-21)24(16-10-6-4-7-11-16)20(27)23-19-22-14-17(30-19)29-15(2)18(25)26/h14-16H,3-13H2,1-2H3,(H,25,26)(H,22,23,27). The first-order chi connectivity index (χ1) is 14.4. The maximum atomic E-state index is 13.5. The second-order valence-corrected chi connectivity index (χ2v) is 10.8. The van der Waals surface area contributed by atoms with Gasteiger partial charge in [0, 0.05) is 12.6 Å². The van der Waals surface area contributed by atoms with Gasteiger partial charge in [-0.3, -0.25) is 15.0 Å². The number of hydrogen-bond acceptors (Lipinski definition) is 6. The molecular formula is C21H33N3O4S2. The quantitative estimate of drug-likeness (QED) is 0.393. The Balaban J connectivity index is 1.78. The maximum absolute atomic E-state index is 13.5.